The number of ether oxygens (including phenoxy) is 1. The molecule has 0 heterocycles. The van der Waals surface area contributed by atoms with Gasteiger partial charge < -0.3 is 4.74 Å². The molecule has 84 valence electrons. The van der Waals surface area contributed by atoms with Gasteiger partial charge in [-0.2, -0.15) is 0 Å². The lowest BCUT2D eigenvalue weighted by atomic mass is 10.0. The molecule has 0 bridgehead atoms. The van der Waals surface area contributed by atoms with Crippen LogP contribution in [0, 0.1) is 0 Å². The third-order valence-corrected chi connectivity index (χ3v) is 2.13. The summed E-state index contributed by atoms with van der Waals surface area (Å²) in [5, 5.41) is -0.0291. The summed E-state index contributed by atoms with van der Waals surface area (Å²) in [6.07, 6.45) is -4.71. The molecule has 5 heteroatoms. The largest absolute Gasteiger partial charge is 0.573 e. The summed E-state index contributed by atoms with van der Waals surface area (Å²) in [5.74, 6) is -0.386. The monoisotopic (exact) mass is 238 g/mol. The van der Waals surface area contributed by atoms with Crippen LogP contribution in [0.2, 0.25) is 5.02 Å². The van der Waals surface area contributed by atoms with E-state index in [1.165, 1.54) is 6.07 Å². The molecule has 0 aromatic heterocycles. The van der Waals surface area contributed by atoms with Gasteiger partial charge in [-0.3, -0.25) is 0 Å². The zero-order valence-electron chi connectivity index (χ0n) is 8.23. The van der Waals surface area contributed by atoms with Crippen molar-refractivity contribution in [3.63, 3.8) is 0 Å². The van der Waals surface area contributed by atoms with Crippen LogP contribution in [0.15, 0.2) is 18.2 Å². The van der Waals surface area contributed by atoms with Crippen LogP contribution in [0.1, 0.15) is 25.3 Å². The number of halogens is 4. The van der Waals surface area contributed by atoms with Gasteiger partial charge in [0.05, 0.1) is 5.02 Å². The third-order valence-electron chi connectivity index (χ3n) is 1.84. The van der Waals surface area contributed by atoms with E-state index in [1.807, 2.05) is 0 Å². The smallest absolute Gasteiger partial charge is 0.404 e. The van der Waals surface area contributed by atoms with E-state index in [2.05, 4.69) is 4.74 Å². The predicted octanol–water partition coefficient (Wildman–Crippen LogP) is 4.36. The van der Waals surface area contributed by atoms with Crippen molar-refractivity contribution in [2.24, 2.45) is 0 Å². The highest BCUT2D eigenvalue weighted by Gasteiger charge is 2.33. The fourth-order valence-corrected chi connectivity index (χ4v) is 1.42. The van der Waals surface area contributed by atoms with Crippen LogP contribution in [0.3, 0.4) is 0 Å². The quantitative estimate of drug-likeness (QED) is 0.744. The first-order valence-corrected chi connectivity index (χ1v) is 4.73. The Morgan fingerprint density at radius 1 is 1.27 bits per heavy atom. The van der Waals surface area contributed by atoms with E-state index < -0.39 is 6.36 Å². The Bertz CT molecular complexity index is 347. The first kappa shape index (κ1) is 12.2. The Hall–Kier alpha value is -0.900. The molecule has 0 radical (unpaired) electrons. The molecule has 0 spiro atoms. The number of rotatable bonds is 2. The van der Waals surface area contributed by atoms with E-state index in [-0.39, 0.29) is 16.7 Å². The summed E-state index contributed by atoms with van der Waals surface area (Å²) >= 11 is 5.65. The second-order valence-corrected chi connectivity index (χ2v) is 3.77. The van der Waals surface area contributed by atoms with Crippen molar-refractivity contribution >= 4 is 11.6 Å². The van der Waals surface area contributed by atoms with Gasteiger partial charge in [-0.1, -0.05) is 37.6 Å². The molecule has 0 saturated heterocycles. The summed E-state index contributed by atoms with van der Waals surface area (Å²) in [6.45, 7) is 3.55. The molecule has 1 nitrogen and oxygen atoms in total. The molecule has 1 rings (SSSR count). The van der Waals surface area contributed by atoms with Gasteiger partial charge in [0, 0.05) is 0 Å². The van der Waals surface area contributed by atoms with Crippen LogP contribution in [-0.2, 0) is 0 Å². The van der Waals surface area contributed by atoms with Gasteiger partial charge in [-0.05, 0) is 17.5 Å². The van der Waals surface area contributed by atoms with Crippen LogP contribution in [0.25, 0.3) is 0 Å². The number of benzene rings is 1. The maximum absolute atomic E-state index is 12.1. The van der Waals surface area contributed by atoms with Crippen LogP contribution in [-0.4, -0.2) is 6.36 Å². The van der Waals surface area contributed by atoms with Gasteiger partial charge in [0.25, 0.3) is 0 Å². The average molecular weight is 239 g/mol. The standard InChI is InChI=1S/C10H10ClF3O/c1-6(2)7-4-3-5-8(11)9(7)15-10(12,13)14/h3-6H,1-2H3. The zero-order valence-corrected chi connectivity index (χ0v) is 8.99. The van der Waals surface area contributed by atoms with Crippen molar-refractivity contribution in [3.05, 3.63) is 28.8 Å². The van der Waals surface area contributed by atoms with E-state index in [4.69, 9.17) is 11.6 Å². The second-order valence-electron chi connectivity index (χ2n) is 3.36. The Morgan fingerprint density at radius 3 is 2.33 bits per heavy atom. The van der Waals surface area contributed by atoms with Gasteiger partial charge in [-0.15, -0.1) is 13.2 Å². The van der Waals surface area contributed by atoms with Gasteiger partial charge in [0.1, 0.15) is 0 Å². The molecule has 0 aliphatic rings. The maximum atomic E-state index is 12.1. The number of hydrogen-bond donors (Lipinski definition) is 0. The van der Waals surface area contributed by atoms with Crippen LogP contribution in [0.5, 0.6) is 5.75 Å². The van der Waals surface area contributed by atoms with Crippen molar-refractivity contribution in [3.8, 4) is 5.75 Å². The van der Waals surface area contributed by atoms with E-state index in [0.29, 0.717) is 5.56 Å². The number of hydrogen-bond acceptors (Lipinski definition) is 1. The Balaban J connectivity index is 3.14. The molecule has 0 atom stereocenters. The minimum atomic E-state index is -4.71. The van der Waals surface area contributed by atoms with Crippen molar-refractivity contribution in [2.45, 2.75) is 26.1 Å². The van der Waals surface area contributed by atoms with Crippen LogP contribution >= 0.6 is 11.6 Å². The number of alkyl halides is 3. The zero-order chi connectivity index (χ0) is 11.6. The first-order chi connectivity index (χ1) is 6.81. The lowest BCUT2D eigenvalue weighted by Crippen LogP contribution is -2.18. The van der Waals surface area contributed by atoms with Gasteiger partial charge in [-0.25, -0.2) is 0 Å². The molecule has 0 aliphatic heterocycles. The van der Waals surface area contributed by atoms with Crippen molar-refractivity contribution < 1.29 is 17.9 Å². The van der Waals surface area contributed by atoms with Gasteiger partial charge >= 0.3 is 6.36 Å². The van der Waals surface area contributed by atoms with Gasteiger partial charge in [0.2, 0.25) is 0 Å². The SMILES string of the molecule is CC(C)c1cccc(Cl)c1OC(F)(F)F. The highest BCUT2D eigenvalue weighted by molar-refractivity contribution is 6.32. The molecule has 15 heavy (non-hydrogen) atoms. The van der Waals surface area contributed by atoms with E-state index in [0.717, 1.165) is 0 Å². The van der Waals surface area contributed by atoms with Crippen LogP contribution < -0.4 is 4.74 Å². The Kier molecular flexibility index (Phi) is 3.50. The molecule has 0 fully saturated rings. The topological polar surface area (TPSA) is 9.23 Å². The summed E-state index contributed by atoms with van der Waals surface area (Å²) in [6, 6.07) is 4.53. The number of para-hydroxylation sites is 1. The Morgan fingerprint density at radius 2 is 1.87 bits per heavy atom. The maximum Gasteiger partial charge on any atom is 0.573 e. The molecule has 0 amide bonds. The minimum Gasteiger partial charge on any atom is -0.404 e. The molecular weight excluding hydrogens is 229 g/mol. The third kappa shape index (κ3) is 3.30. The predicted molar refractivity (Wildman–Crippen MR) is 52.2 cm³/mol. The highest BCUT2D eigenvalue weighted by Crippen LogP contribution is 2.36. The van der Waals surface area contributed by atoms with Crippen LogP contribution in [0.4, 0.5) is 13.2 Å². The lowest BCUT2D eigenvalue weighted by molar-refractivity contribution is -0.274. The normalized spacial score (nSPS) is 11.9. The summed E-state index contributed by atoms with van der Waals surface area (Å²) in [5.41, 5.74) is 0.444. The second kappa shape index (κ2) is 4.31. The molecular formula is C10H10ClF3O. The summed E-state index contributed by atoms with van der Waals surface area (Å²) in [7, 11) is 0. The van der Waals surface area contributed by atoms with E-state index in [9.17, 15) is 13.2 Å². The molecule has 0 unspecified atom stereocenters. The average Bonchev–Trinajstić information content (AvgIpc) is 2.05. The molecule has 0 saturated carbocycles. The summed E-state index contributed by atoms with van der Waals surface area (Å²) in [4.78, 5) is 0. The molecule has 0 N–H and O–H groups in total. The van der Waals surface area contributed by atoms with E-state index in [1.54, 1.807) is 26.0 Å². The van der Waals surface area contributed by atoms with Crippen molar-refractivity contribution in [2.75, 3.05) is 0 Å². The fraction of sp³-hybridized carbons (Fsp3) is 0.400. The molecule has 0 aliphatic carbocycles. The van der Waals surface area contributed by atoms with Gasteiger partial charge in [0.15, 0.2) is 5.75 Å². The van der Waals surface area contributed by atoms with E-state index >= 15 is 0 Å². The summed E-state index contributed by atoms with van der Waals surface area (Å²) < 4.78 is 40.1. The first-order valence-electron chi connectivity index (χ1n) is 4.35. The Labute approximate surface area is 90.8 Å². The fourth-order valence-electron chi connectivity index (χ4n) is 1.20. The minimum absolute atomic E-state index is 0.0291. The van der Waals surface area contributed by atoms with Crippen molar-refractivity contribution in [1.82, 2.24) is 0 Å². The highest BCUT2D eigenvalue weighted by atomic mass is 35.5. The molecule has 1 aromatic rings. The van der Waals surface area contributed by atoms with Crippen molar-refractivity contribution in [1.29, 1.82) is 0 Å². The molecule has 1 aromatic carbocycles. The lowest BCUT2D eigenvalue weighted by Gasteiger charge is -2.16.